The molecule has 3 rings (SSSR count). The lowest BCUT2D eigenvalue weighted by Crippen LogP contribution is -2.53. The lowest BCUT2D eigenvalue weighted by Gasteiger charge is -2.36. The molecule has 0 saturated carbocycles. The van der Waals surface area contributed by atoms with Crippen LogP contribution in [0.25, 0.3) is 6.08 Å². The van der Waals surface area contributed by atoms with Gasteiger partial charge in [-0.1, -0.05) is 42.5 Å². The van der Waals surface area contributed by atoms with Gasteiger partial charge in [0.2, 0.25) is 5.91 Å². The summed E-state index contributed by atoms with van der Waals surface area (Å²) >= 11 is 0. The topological polar surface area (TPSA) is 73.1 Å². The Labute approximate surface area is 172 Å². The van der Waals surface area contributed by atoms with Crippen molar-refractivity contribution in [3.63, 3.8) is 0 Å². The second-order valence-electron chi connectivity index (χ2n) is 6.86. The van der Waals surface area contributed by atoms with E-state index in [-0.39, 0.29) is 12.5 Å². The monoisotopic (exact) mass is 395 g/mol. The number of nitrogens with one attached hydrogen (secondary N) is 2. The highest BCUT2D eigenvalue weighted by Crippen LogP contribution is 2.05. The lowest BCUT2D eigenvalue weighted by molar-refractivity contribution is -0.120. The molecule has 2 aromatic rings. The van der Waals surface area contributed by atoms with E-state index in [0.29, 0.717) is 6.54 Å². The van der Waals surface area contributed by atoms with Gasteiger partial charge in [-0.3, -0.25) is 14.7 Å². The number of amides is 1. The van der Waals surface area contributed by atoms with Crippen molar-refractivity contribution in [2.45, 2.75) is 6.54 Å². The van der Waals surface area contributed by atoms with Crippen LogP contribution in [0.15, 0.2) is 64.2 Å². The summed E-state index contributed by atoms with van der Waals surface area (Å²) in [7, 11) is 1.75. The molecule has 7 heteroatoms. The molecule has 154 valence electrons. The summed E-state index contributed by atoms with van der Waals surface area (Å²) in [5.74, 6) is 1.41. The second-order valence-corrected chi connectivity index (χ2v) is 6.86. The van der Waals surface area contributed by atoms with Gasteiger partial charge in [0.15, 0.2) is 5.96 Å². The summed E-state index contributed by atoms with van der Waals surface area (Å²) in [6.45, 7) is 5.20. The number of piperazine rings is 1. The molecule has 0 aliphatic carbocycles. The number of carbonyl (C=O) groups is 1. The van der Waals surface area contributed by atoms with Gasteiger partial charge in [-0.15, -0.1) is 0 Å². The molecule has 2 heterocycles. The molecule has 2 N–H and O–H groups in total. The van der Waals surface area contributed by atoms with Crippen LogP contribution in [-0.2, 0) is 11.3 Å². The molecule has 0 radical (unpaired) electrons. The highest BCUT2D eigenvalue weighted by atomic mass is 16.3. The largest absolute Gasteiger partial charge is 0.467 e. The van der Waals surface area contributed by atoms with Crippen LogP contribution < -0.4 is 10.6 Å². The molecule has 1 fully saturated rings. The minimum absolute atomic E-state index is 0.0905. The molecule has 1 aliphatic rings. The Morgan fingerprint density at radius 3 is 2.59 bits per heavy atom. The van der Waals surface area contributed by atoms with E-state index in [0.717, 1.165) is 44.4 Å². The molecule has 0 spiro atoms. The van der Waals surface area contributed by atoms with Crippen LogP contribution in [0.4, 0.5) is 0 Å². The first-order valence-electron chi connectivity index (χ1n) is 9.93. The van der Waals surface area contributed by atoms with Crippen molar-refractivity contribution in [1.29, 1.82) is 0 Å². The van der Waals surface area contributed by atoms with E-state index < -0.39 is 0 Å². The van der Waals surface area contributed by atoms with Crippen molar-refractivity contribution >= 4 is 17.9 Å². The maximum absolute atomic E-state index is 12.0. The van der Waals surface area contributed by atoms with Gasteiger partial charge in [-0.2, -0.15) is 0 Å². The third-order valence-electron chi connectivity index (χ3n) is 4.80. The third kappa shape index (κ3) is 6.80. The zero-order valence-electron chi connectivity index (χ0n) is 16.9. The fourth-order valence-electron chi connectivity index (χ4n) is 3.20. The molecule has 1 aliphatic heterocycles. The van der Waals surface area contributed by atoms with Gasteiger partial charge in [0.05, 0.1) is 19.4 Å². The van der Waals surface area contributed by atoms with E-state index in [9.17, 15) is 4.79 Å². The van der Waals surface area contributed by atoms with Crippen molar-refractivity contribution in [2.75, 3.05) is 46.3 Å². The third-order valence-corrected chi connectivity index (χ3v) is 4.80. The maximum Gasteiger partial charge on any atom is 0.239 e. The van der Waals surface area contributed by atoms with Crippen molar-refractivity contribution in [2.24, 2.45) is 4.99 Å². The fraction of sp³-hybridized carbons (Fsp3) is 0.364. The van der Waals surface area contributed by atoms with E-state index in [1.165, 1.54) is 5.56 Å². The normalized spacial score (nSPS) is 15.6. The second kappa shape index (κ2) is 11.1. The smallest absolute Gasteiger partial charge is 0.239 e. The Bertz CT molecular complexity index is 794. The molecule has 29 heavy (non-hydrogen) atoms. The first-order chi connectivity index (χ1) is 14.2. The zero-order chi connectivity index (χ0) is 20.3. The molecule has 0 bridgehead atoms. The number of benzene rings is 1. The van der Waals surface area contributed by atoms with E-state index >= 15 is 0 Å². The molecule has 0 unspecified atom stereocenters. The van der Waals surface area contributed by atoms with Gasteiger partial charge in [0, 0.05) is 39.8 Å². The van der Waals surface area contributed by atoms with Gasteiger partial charge >= 0.3 is 0 Å². The van der Waals surface area contributed by atoms with Crippen LogP contribution in [0.1, 0.15) is 11.3 Å². The summed E-state index contributed by atoms with van der Waals surface area (Å²) in [4.78, 5) is 21.0. The lowest BCUT2D eigenvalue weighted by atomic mass is 10.2. The van der Waals surface area contributed by atoms with Crippen LogP contribution in [0.2, 0.25) is 0 Å². The first-order valence-corrected chi connectivity index (χ1v) is 9.93. The standard InChI is InChI=1S/C22H29N5O2/c1-23-22(25-18-21(28)24-17-20-10-6-16-29-20)27-14-12-26(13-15-27)11-5-9-19-7-3-2-4-8-19/h2-10,16H,11-15,17-18H2,1H3,(H,23,25)(H,24,28). The summed E-state index contributed by atoms with van der Waals surface area (Å²) in [5, 5.41) is 5.98. The molecule has 7 nitrogen and oxygen atoms in total. The highest BCUT2D eigenvalue weighted by molar-refractivity contribution is 5.86. The molecule has 1 amide bonds. The minimum atomic E-state index is -0.0905. The van der Waals surface area contributed by atoms with Gasteiger partial charge in [0.1, 0.15) is 5.76 Å². The number of nitrogens with zero attached hydrogens (tertiary/aromatic N) is 3. The molecular formula is C22H29N5O2. The van der Waals surface area contributed by atoms with Gasteiger partial charge < -0.3 is 20.0 Å². The number of rotatable bonds is 7. The molecule has 0 atom stereocenters. The summed E-state index contributed by atoms with van der Waals surface area (Å²) in [6.07, 6.45) is 5.97. The Balaban J connectivity index is 1.36. The molecule has 1 saturated heterocycles. The zero-order valence-corrected chi connectivity index (χ0v) is 16.9. The van der Waals surface area contributed by atoms with Crippen LogP contribution in [0, 0.1) is 0 Å². The Morgan fingerprint density at radius 2 is 1.90 bits per heavy atom. The Kier molecular flexibility index (Phi) is 7.89. The number of aliphatic imine (C=N–C) groups is 1. The Morgan fingerprint density at radius 1 is 1.10 bits per heavy atom. The molecule has 1 aromatic carbocycles. The van der Waals surface area contributed by atoms with E-state index in [2.05, 4.69) is 49.7 Å². The van der Waals surface area contributed by atoms with Crippen LogP contribution >= 0.6 is 0 Å². The van der Waals surface area contributed by atoms with Crippen molar-refractivity contribution in [3.8, 4) is 0 Å². The van der Waals surface area contributed by atoms with Crippen LogP contribution in [0.5, 0.6) is 0 Å². The van der Waals surface area contributed by atoms with E-state index in [4.69, 9.17) is 4.42 Å². The van der Waals surface area contributed by atoms with Crippen LogP contribution in [-0.4, -0.2) is 68.0 Å². The minimum Gasteiger partial charge on any atom is -0.467 e. The molecule has 1 aromatic heterocycles. The predicted molar refractivity (Wildman–Crippen MR) is 115 cm³/mol. The van der Waals surface area contributed by atoms with Crippen molar-refractivity contribution in [3.05, 3.63) is 66.1 Å². The quantitative estimate of drug-likeness (QED) is 0.553. The number of carbonyl (C=O) groups excluding carboxylic acids is 1. The average Bonchev–Trinajstić information content (AvgIpc) is 3.28. The summed E-state index contributed by atoms with van der Waals surface area (Å²) < 4.78 is 5.21. The SMILES string of the molecule is CN=C(NCC(=O)NCc1ccco1)N1CCN(CC=Cc2ccccc2)CC1. The van der Waals surface area contributed by atoms with Crippen molar-refractivity contribution in [1.82, 2.24) is 20.4 Å². The van der Waals surface area contributed by atoms with Crippen LogP contribution in [0.3, 0.4) is 0 Å². The van der Waals surface area contributed by atoms with E-state index in [1.807, 2.05) is 24.3 Å². The highest BCUT2D eigenvalue weighted by Gasteiger charge is 2.19. The summed E-state index contributed by atoms with van der Waals surface area (Å²) in [5.41, 5.74) is 1.22. The fourth-order valence-corrected chi connectivity index (χ4v) is 3.20. The van der Waals surface area contributed by atoms with Gasteiger partial charge in [-0.25, -0.2) is 0 Å². The maximum atomic E-state index is 12.0. The number of hydrogen-bond acceptors (Lipinski definition) is 4. The van der Waals surface area contributed by atoms with Gasteiger partial charge in [0.25, 0.3) is 0 Å². The first kappa shape index (κ1) is 20.7. The predicted octanol–water partition coefficient (Wildman–Crippen LogP) is 1.80. The van der Waals surface area contributed by atoms with E-state index in [1.54, 1.807) is 19.4 Å². The number of guanidine groups is 1. The van der Waals surface area contributed by atoms with Crippen molar-refractivity contribution < 1.29 is 9.21 Å². The average molecular weight is 396 g/mol. The number of furan rings is 1. The molecular weight excluding hydrogens is 366 g/mol. The number of hydrogen-bond donors (Lipinski definition) is 2. The van der Waals surface area contributed by atoms with Gasteiger partial charge in [-0.05, 0) is 17.7 Å². The Hall–Kier alpha value is -3.06. The summed E-state index contributed by atoms with van der Waals surface area (Å²) in [6, 6.07) is 14.0.